The molecule has 0 atom stereocenters. The van der Waals surface area contributed by atoms with Gasteiger partial charge in [-0.05, 0) is 19.2 Å². The molecule has 0 saturated heterocycles. The van der Waals surface area contributed by atoms with Crippen molar-refractivity contribution >= 4 is 11.0 Å². The van der Waals surface area contributed by atoms with Crippen molar-refractivity contribution in [3.63, 3.8) is 0 Å². The Labute approximate surface area is 78.9 Å². The van der Waals surface area contributed by atoms with Crippen molar-refractivity contribution in [3.8, 4) is 0 Å². The topological polar surface area (TPSA) is 29.9 Å². The van der Waals surface area contributed by atoms with E-state index in [1.54, 1.807) is 0 Å². The van der Waals surface area contributed by atoms with Crippen LogP contribution >= 0.6 is 0 Å². The molecular formula is C10H15N3. The average Bonchev–Trinajstić information content (AvgIpc) is 2.58. The third-order valence-electron chi connectivity index (χ3n) is 2.13. The van der Waals surface area contributed by atoms with Gasteiger partial charge in [0, 0.05) is 14.5 Å². The predicted octanol–water partition coefficient (Wildman–Crippen LogP) is 1.50. The van der Waals surface area contributed by atoms with E-state index in [0.717, 1.165) is 18.6 Å². The van der Waals surface area contributed by atoms with Gasteiger partial charge in [0.1, 0.15) is 0 Å². The molecule has 0 aliphatic heterocycles. The van der Waals surface area contributed by atoms with Gasteiger partial charge < -0.3 is 9.88 Å². The van der Waals surface area contributed by atoms with Crippen molar-refractivity contribution in [1.29, 1.82) is 0 Å². The maximum Gasteiger partial charge on any atom is 0.0958 e. The maximum atomic E-state index is 4.31. The summed E-state index contributed by atoms with van der Waals surface area (Å²) in [7, 11) is 1.96. The van der Waals surface area contributed by atoms with Gasteiger partial charge in [-0.15, -0.1) is 0 Å². The van der Waals surface area contributed by atoms with Crippen molar-refractivity contribution in [3.05, 3.63) is 30.6 Å². The van der Waals surface area contributed by atoms with Gasteiger partial charge >= 0.3 is 0 Å². The molecule has 0 bridgehead atoms. The van der Waals surface area contributed by atoms with Crippen molar-refractivity contribution in [2.45, 2.75) is 6.54 Å². The molecule has 1 aromatic carbocycles. The Balaban J connectivity index is 0.000000980. The van der Waals surface area contributed by atoms with E-state index < -0.39 is 0 Å². The highest BCUT2D eigenvalue weighted by Crippen LogP contribution is 2.10. The van der Waals surface area contributed by atoms with Gasteiger partial charge in [0.2, 0.25) is 0 Å². The fourth-order valence-electron chi connectivity index (χ4n) is 1.42. The Morgan fingerprint density at radius 2 is 2.31 bits per heavy atom. The zero-order valence-corrected chi connectivity index (χ0v) is 7.70. The summed E-state index contributed by atoms with van der Waals surface area (Å²) >= 11 is 0. The standard InChI is InChI=1S/C10H13N3.H2/c1-11-6-7-13-8-12-9-4-2-3-5-10(9)13;/h2-5,8,11H,6-7H2,1H3;1H. The van der Waals surface area contributed by atoms with Gasteiger partial charge in [-0.3, -0.25) is 0 Å². The van der Waals surface area contributed by atoms with Gasteiger partial charge in [-0.2, -0.15) is 0 Å². The molecule has 0 aliphatic carbocycles. The Hall–Kier alpha value is -1.35. The zero-order chi connectivity index (χ0) is 9.10. The SMILES string of the molecule is CNCCn1cnc2ccccc21.[HH]. The first-order valence-electron chi connectivity index (χ1n) is 4.46. The normalized spacial score (nSPS) is 10.8. The lowest BCUT2D eigenvalue weighted by Crippen LogP contribution is -2.14. The van der Waals surface area contributed by atoms with Crippen LogP contribution in [0.25, 0.3) is 11.0 Å². The second-order valence-corrected chi connectivity index (χ2v) is 3.03. The molecule has 1 aromatic heterocycles. The van der Waals surface area contributed by atoms with Gasteiger partial charge in [-0.1, -0.05) is 12.1 Å². The lowest BCUT2D eigenvalue weighted by molar-refractivity contribution is 0.658. The zero-order valence-electron chi connectivity index (χ0n) is 7.70. The third kappa shape index (κ3) is 1.55. The second kappa shape index (κ2) is 3.58. The van der Waals surface area contributed by atoms with E-state index in [4.69, 9.17) is 0 Å². The van der Waals surface area contributed by atoms with Crippen LogP contribution in [0.15, 0.2) is 30.6 Å². The molecule has 2 rings (SSSR count). The largest absolute Gasteiger partial charge is 0.329 e. The van der Waals surface area contributed by atoms with Crippen LogP contribution in [0.4, 0.5) is 0 Å². The summed E-state index contributed by atoms with van der Waals surface area (Å²) < 4.78 is 2.16. The van der Waals surface area contributed by atoms with Crippen LogP contribution in [0, 0.1) is 0 Å². The Morgan fingerprint density at radius 1 is 1.46 bits per heavy atom. The molecule has 0 unspecified atom stereocenters. The van der Waals surface area contributed by atoms with E-state index in [1.165, 1.54) is 5.52 Å². The van der Waals surface area contributed by atoms with Gasteiger partial charge in [0.05, 0.1) is 17.4 Å². The fraction of sp³-hybridized carbons (Fsp3) is 0.300. The maximum absolute atomic E-state index is 4.31. The number of nitrogens with one attached hydrogen (secondary N) is 1. The third-order valence-corrected chi connectivity index (χ3v) is 2.13. The van der Waals surface area contributed by atoms with Crippen LogP contribution in [0.5, 0.6) is 0 Å². The molecule has 3 nitrogen and oxygen atoms in total. The minimum atomic E-state index is 0. The summed E-state index contributed by atoms with van der Waals surface area (Å²) in [6, 6.07) is 8.18. The highest BCUT2D eigenvalue weighted by atomic mass is 15.1. The summed E-state index contributed by atoms with van der Waals surface area (Å²) in [5, 5.41) is 3.12. The number of likely N-dealkylation sites (N-methyl/N-ethyl adjacent to an activating group) is 1. The van der Waals surface area contributed by atoms with Crippen molar-refractivity contribution in [2.75, 3.05) is 13.6 Å². The number of imidazole rings is 1. The molecule has 1 N–H and O–H groups in total. The van der Waals surface area contributed by atoms with Crippen molar-refractivity contribution in [2.24, 2.45) is 0 Å². The number of nitrogens with zero attached hydrogens (tertiary/aromatic N) is 2. The van der Waals surface area contributed by atoms with E-state index in [0.29, 0.717) is 0 Å². The Kier molecular flexibility index (Phi) is 2.27. The fourth-order valence-corrected chi connectivity index (χ4v) is 1.42. The summed E-state index contributed by atoms with van der Waals surface area (Å²) in [6.07, 6.45) is 1.89. The number of aromatic nitrogens is 2. The molecular weight excluding hydrogens is 162 g/mol. The molecule has 13 heavy (non-hydrogen) atoms. The van der Waals surface area contributed by atoms with Crippen LogP contribution < -0.4 is 5.32 Å². The Bertz CT molecular complexity index is 397. The first-order valence-corrected chi connectivity index (χ1v) is 4.46. The van der Waals surface area contributed by atoms with E-state index >= 15 is 0 Å². The monoisotopic (exact) mass is 177 g/mol. The smallest absolute Gasteiger partial charge is 0.0958 e. The number of hydrogen-bond donors (Lipinski definition) is 1. The van der Waals surface area contributed by atoms with E-state index in [1.807, 2.05) is 31.6 Å². The van der Waals surface area contributed by atoms with Crippen molar-refractivity contribution in [1.82, 2.24) is 14.9 Å². The molecule has 2 aromatic rings. The molecule has 0 fully saturated rings. The summed E-state index contributed by atoms with van der Waals surface area (Å²) in [5.41, 5.74) is 2.27. The Morgan fingerprint density at radius 3 is 3.15 bits per heavy atom. The molecule has 0 saturated carbocycles. The van der Waals surface area contributed by atoms with Gasteiger partial charge in [-0.25, -0.2) is 4.98 Å². The van der Waals surface area contributed by atoms with Crippen LogP contribution in [-0.2, 0) is 6.54 Å². The molecule has 70 valence electrons. The summed E-state index contributed by atoms with van der Waals surface area (Å²) in [6.45, 7) is 1.94. The van der Waals surface area contributed by atoms with Crippen LogP contribution in [0.3, 0.4) is 0 Å². The highest BCUT2D eigenvalue weighted by Gasteiger charge is 1.98. The number of fused-ring (bicyclic) bond motifs is 1. The average molecular weight is 177 g/mol. The quantitative estimate of drug-likeness (QED) is 0.770. The van der Waals surface area contributed by atoms with Gasteiger partial charge in [0.25, 0.3) is 0 Å². The van der Waals surface area contributed by atoms with Crippen LogP contribution in [0.2, 0.25) is 0 Å². The van der Waals surface area contributed by atoms with Gasteiger partial charge in [0.15, 0.2) is 0 Å². The molecule has 0 amide bonds. The minimum absolute atomic E-state index is 0. The second-order valence-electron chi connectivity index (χ2n) is 3.03. The first kappa shape index (κ1) is 8.26. The molecule has 1 heterocycles. The lowest BCUT2D eigenvalue weighted by atomic mass is 10.3. The van der Waals surface area contributed by atoms with E-state index in [9.17, 15) is 0 Å². The van der Waals surface area contributed by atoms with E-state index in [-0.39, 0.29) is 1.43 Å². The molecule has 0 spiro atoms. The molecule has 0 radical (unpaired) electrons. The van der Waals surface area contributed by atoms with Crippen molar-refractivity contribution < 1.29 is 1.43 Å². The minimum Gasteiger partial charge on any atom is -0.329 e. The predicted molar refractivity (Wildman–Crippen MR) is 55.8 cm³/mol. The number of benzene rings is 1. The number of rotatable bonds is 3. The van der Waals surface area contributed by atoms with E-state index in [2.05, 4.69) is 20.9 Å². The molecule has 0 aliphatic rings. The highest BCUT2D eigenvalue weighted by molar-refractivity contribution is 5.74. The first-order chi connectivity index (χ1) is 6.42. The summed E-state index contributed by atoms with van der Waals surface area (Å²) in [5.74, 6) is 0. The molecule has 3 heteroatoms. The summed E-state index contributed by atoms with van der Waals surface area (Å²) in [4.78, 5) is 4.31. The number of para-hydroxylation sites is 2. The lowest BCUT2D eigenvalue weighted by Gasteiger charge is -2.02. The number of hydrogen-bond acceptors (Lipinski definition) is 2. The van der Waals surface area contributed by atoms with Crippen LogP contribution in [-0.4, -0.2) is 23.1 Å². The van der Waals surface area contributed by atoms with Crippen LogP contribution in [0.1, 0.15) is 1.43 Å².